The van der Waals surface area contributed by atoms with Gasteiger partial charge in [0, 0.05) is 25.3 Å². The number of anilines is 2. The molecular formula is C22H24ClN3O3. The van der Waals surface area contributed by atoms with Gasteiger partial charge in [-0.25, -0.2) is 0 Å². The number of hydrogen-bond acceptors (Lipinski definition) is 4. The van der Waals surface area contributed by atoms with E-state index in [4.69, 9.17) is 16.3 Å². The summed E-state index contributed by atoms with van der Waals surface area (Å²) in [4.78, 5) is 28.5. The highest BCUT2D eigenvalue weighted by atomic mass is 35.5. The summed E-state index contributed by atoms with van der Waals surface area (Å²) in [5.41, 5.74) is 2.78. The van der Waals surface area contributed by atoms with Gasteiger partial charge in [-0.2, -0.15) is 0 Å². The minimum Gasteiger partial charge on any atom is -0.480 e. The Morgan fingerprint density at radius 2 is 1.83 bits per heavy atom. The van der Waals surface area contributed by atoms with Crippen molar-refractivity contribution in [3.05, 3.63) is 53.1 Å². The van der Waals surface area contributed by atoms with Crippen LogP contribution in [0, 0.1) is 0 Å². The van der Waals surface area contributed by atoms with Crippen LogP contribution < -0.4 is 19.9 Å². The van der Waals surface area contributed by atoms with Crippen LogP contribution in [0.4, 0.5) is 11.4 Å². The fourth-order valence-electron chi connectivity index (χ4n) is 3.75. The number of rotatable bonds is 5. The maximum absolute atomic E-state index is 12.5. The van der Waals surface area contributed by atoms with Gasteiger partial charge in [-0.15, -0.1) is 0 Å². The number of halogens is 1. The molecule has 0 aromatic heterocycles. The number of fused-ring (bicyclic) bond motifs is 1. The Hall–Kier alpha value is -2.73. The first-order chi connectivity index (χ1) is 14.1. The second-order valence-electron chi connectivity index (χ2n) is 7.35. The van der Waals surface area contributed by atoms with E-state index in [1.54, 1.807) is 18.2 Å². The molecule has 2 aliphatic rings. The molecule has 1 N–H and O–H groups in total. The Bertz CT molecular complexity index is 895. The van der Waals surface area contributed by atoms with E-state index in [1.807, 2.05) is 12.1 Å². The van der Waals surface area contributed by atoms with E-state index < -0.39 is 0 Å². The molecule has 1 saturated heterocycles. The van der Waals surface area contributed by atoms with Gasteiger partial charge in [0.25, 0.3) is 5.91 Å². The number of hydrogen-bond donors (Lipinski definition) is 1. The lowest BCUT2D eigenvalue weighted by molar-refractivity contribution is -0.125. The van der Waals surface area contributed by atoms with E-state index in [0.29, 0.717) is 23.0 Å². The largest absolute Gasteiger partial charge is 0.480 e. The summed E-state index contributed by atoms with van der Waals surface area (Å²) in [7, 11) is 0. The lowest BCUT2D eigenvalue weighted by atomic mass is 10.1. The van der Waals surface area contributed by atoms with Gasteiger partial charge in [0.05, 0.1) is 10.7 Å². The van der Waals surface area contributed by atoms with Gasteiger partial charge in [-0.05, 0) is 49.1 Å². The fraction of sp³-hybridized carbons (Fsp3) is 0.364. The molecular weight excluding hydrogens is 390 g/mol. The molecule has 0 spiro atoms. The number of amides is 2. The normalized spacial score (nSPS) is 16.2. The van der Waals surface area contributed by atoms with E-state index >= 15 is 0 Å². The smallest absolute Gasteiger partial charge is 0.265 e. The summed E-state index contributed by atoms with van der Waals surface area (Å²) < 4.78 is 5.41. The summed E-state index contributed by atoms with van der Waals surface area (Å²) in [5.74, 6) is -0.0537. The van der Waals surface area contributed by atoms with Crippen molar-refractivity contribution in [3.63, 3.8) is 0 Å². The molecule has 2 amide bonds. The van der Waals surface area contributed by atoms with E-state index in [1.165, 1.54) is 29.8 Å². The third-order valence-corrected chi connectivity index (χ3v) is 5.62. The molecule has 4 rings (SSSR count). The highest BCUT2D eigenvalue weighted by Gasteiger charge is 2.28. The topological polar surface area (TPSA) is 61.9 Å². The molecule has 2 aromatic rings. The third kappa shape index (κ3) is 4.48. The number of carbonyl (C=O) groups is 2. The van der Waals surface area contributed by atoms with Crippen molar-refractivity contribution in [2.75, 3.05) is 36.0 Å². The number of carbonyl (C=O) groups excluding carboxylic acids is 2. The van der Waals surface area contributed by atoms with E-state index in [9.17, 15) is 9.59 Å². The highest BCUT2D eigenvalue weighted by molar-refractivity contribution is 6.32. The molecule has 2 aromatic carbocycles. The highest BCUT2D eigenvalue weighted by Crippen LogP contribution is 2.37. The van der Waals surface area contributed by atoms with Gasteiger partial charge < -0.3 is 15.0 Å². The summed E-state index contributed by atoms with van der Waals surface area (Å²) in [6.45, 7) is 2.44. The van der Waals surface area contributed by atoms with Crippen molar-refractivity contribution in [2.45, 2.75) is 25.8 Å². The Balaban J connectivity index is 1.35. The average Bonchev–Trinajstić information content (AvgIpc) is 2.75. The minimum atomic E-state index is -0.263. The lowest BCUT2D eigenvalue weighted by Gasteiger charge is -2.29. The van der Waals surface area contributed by atoms with Crippen LogP contribution in [0.15, 0.2) is 42.5 Å². The molecule has 6 nitrogen and oxygen atoms in total. The summed E-state index contributed by atoms with van der Waals surface area (Å²) in [6, 6.07) is 13.5. The standard InChI is InChI=1S/C22H24ClN3O3/c23-18-5-4-6-19-22(18)29-15-21(28)26(19)14-20(27)24-13-16-7-9-17(10-8-16)25-11-2-1-3-12-25/h4-10H,1-3,11-15H2,(H,24,27). The Labute approximate surface area is 175 Å². The monoisotopic (exact) mass is 413 g/mol. The Morgan fingerprint density at radius 1 is 1.07 bits per heavy atom. The van der Waals surface area contributed by atoms with Crippen LogP contribution in [0.5, 0.6) is 5.75 Å². The maximum Gasteiger partial charge on any atom is 0.265 e. The molecule has 7 heteroatoms. The maximum atomic E-state index is 12.5. The van der Waals surface area contributed by atoms with Crippen LogP contribution in [-0.2, 0) is 16.1 Å². The Kier molecular flexibility index (Phi) is 5.90. The summed E-state index contributed by atoms with van der Waals surface area (Å²) >= 11 is 6.13. The summed E-state index contributed by atoms with van der Waals surface area (Å²) in [5, 5.41) is 3.32. The van der Waals surface area contributed by atoms with Crippen LogP contribution in [0.1, 0.15) is 24.8 Å². The number of piperidine rings is 1. The van der Waals surface area contributed by atoms with Gasteiger partial charge in [0.15, 0.2) is 12.4 Å². The molecule has 0 bridgehead atoms. The zero-order chi connectivity index (χ0) is 20.2. The molecule has 1 fully saturated rings. The van der Waals surface area contributed by atoms with Crippen LogP contribution in [0.3, 0.4) is 0 Å². The first-order valence-corrected chi connectivity index (χ1v) is 10.3. The van der Waals surface area contributed by atoms with E-state index in [-0.39, 0.29) is 25.0 Å². The third-order valence-electron chi connectivity index (χ3n) is 5.33. The van der Waals surface area contributed by atoms with Crippen LogP contribution in [0.25, 0.3) is 0 Å². The van der Waals surface area contributed by atoms with Crippen molar-refractivity contribution in [2.24, 2.45) is 0 Å². The van der Waals surface area contributed by atoms with Gasteiger partial charge in [-0.3, -0.25) is 14.5 Å². The molecule has 0 aliphatic carbocycles. The Morgan fingerprint density at radius 3 is 2.59 bits per heavy atom. The van der Waals surface area contributed by atoms with Crippen LogP contribution in [-0.4, -0.2) is 38.1 Å². The number of benzene rings is 2. The zero-order valence-corrected chi connectivity index (χ0v) is 17.0. The van der Waals surface area contributed by atoms with Crippen LogP contribution >= 0.6 is 11.6 Å². The quantitative estimate of drug-likeness (QED) is 0.816. The average molecular weight is 414 g/mol. The van der Waals surface area contributed by atoms with Crippen molar-refractivity contribution < 1.29 is 14.3 Å². The molecule has 0 unspecified atom stereocenters. The molecule has 0 saturated carbocycles. The number of para-hydroxylation sites is 1. The van der Waals surface area contributed by atoms with Gasteiger partial charge in [0.1, 0.15) is 6.54 Å². The van der Waals surface area contributed by atoms with Crippen LogP contribution in [0.2, 0.25) is 5.02 Å². The molecule has 0 radical (unpaired) electrons. The minimum absolute atomic E-state index is 0.0681. The predicted molar refractivity (Wildman–Crippen MR) is 114 cm³/mol. The molecule has 0 atom stereocenters. The van der Waals surface area contributed by atoms with Crippen molar-refractivity contribution in [1.29, 1.82) is 0 Å². The summed E-state index contributed by atoms with van der Waals surface area (Å²) in [6.07, 6.45) is 3.79. The number of nitrogens with one attached hydrogen (secondary N) is 1. The SMILES string of the molecule is O=C(CN1C(=O)COc2c(Cl)cccc21)NCc1ccc(N2CCCCC2)cc1. The number of ether oxygens (including phenoxy) is 1. The molecule has 29 heavy (non-hydrogen) atoms. The fourth-order valence-corrected chi connectivity index (χ4v) is 3.97. The van der Waals surface area contributed by atoms with Gasteiger partial charge in [0.2, 0.25) is 5.91 Å². The second-order valence-corrected chi connectivity index (χ2v) is 7.75. The molecule has 2 heterocycles. The molecule has 152 valence electrons. The second kappa shape index (κ2) is 8.74. The van der Waals surface area contributed by atoms with Gasteiger partial charge >= 0.3 is 0 Å². The van der Waals surface area contributed by atoms with Gasteiger partial charge in [-0.1, -0.05) is 29.8 Å². The number of nitrogens with zero attached hydrogens (tertiary/aromatic N) is 2. The zero-order valence-electron chi connectivity index (χ0n) is 16.2. The van der Waals surface area contributed by atoms with E-state index in [2.05, 4.69) is 22.3 Å². The lowest BCUT2D eigenvalue weighted by Crippen LogP contribution is -2.45. The van der Waals surface area contributed by atoms with Crippen molar-refractivity contribution in [3.8, 4) is 5.75 Å². The molecule has 2 aliphatic heterocycles. The van der Waals surface area contributed by atoms with E-state index in [0.717, 1.165) is 18.7 Å². The first-order valence-electron chi connectivity index (χ1n) is 9.94. The first kappa shape index (κ1) is 19.6. The van der Waals surface area contributed by atoms with Crippen molar-refractivity contribution in [1.82, 2.24) is 5.32 Å². The predicted octanol–water partition coefficient (Wildman–Crippen LogP) is 3.37. The van der Waals surface area contributed by atoms with Crippen molar-refractivity contribution >= 4 is 34.8 Å².